The third-order valence-corrected chi connectivity index (χ3v) is 4.96. The number of aliphatic imine (C=N–C) groups is 1. The van der Waals surface area contributed by atoms with E-state index in [1.165, 1.54) is 6.07 Å². The largest absolute Gasteiger partial charge is 0.506 e. The van der Waals surface area contributed by atoms with E-state index in [2.05, 4.69) is 12.0 Å². The summed E-state index contributed by atoms with van der Waals surface area (Å²) in [6.45, 7) is 6.70. The van der Waals surface area contributed by atoms with E-state index in [4.69, 9.17) is 14.5 Å². The minimum Gasteiger partial charge on any atom is -0.506 e. The first-order chi connectivity index (χ1) is 16.4. The molecule has 1 heterocycles. The van der Waals surface area contributed by atoms with Crippen LogP contribution in [0.15, 0.2) is 102 Å². The van der Waals surface area contributed by atoms with E-state index in [1.807, 2.05) is 66.9 Å². The lowest BCUT2D eigenvalue weighted by Crippen LogP contribution is -2.41. The quantitative estimate of drug-likeness (QED) is 0.296. The molecule has 0 fully saturated rings. The van der Waals surface area contributed by atoms with Crippen LogP contribution in [0.4, 0.5) is 5.69 Å². The van der Waals surface area contributed by atoms with Crippen molar-refractivity contribution in [3.8, 4) is 11.5 Å². The molecule has 0 saturated carbocycles. The molecule has 0 amide bonds. The van der Waals surface area contributed by atoms with Gasteiger partial charge in [-0.25, -0.2) is 9.79 Å². The number of rotatable bonds is 7. The van der Waals surface area contributed by atoms with Crippen LogP contribution < -0.4 is 15.2 Å². The van der Waals surface area contributed by atoms with Crippen molar-refractivity contribution >= 4 is 23.2 Å². The highest BCUT2D eigenvalue weighted by atomic mass is 16.7. The number of carbonyl (C=O) groups excluding carboxylic acids is 1. The van der Waals surface area contributed by atoms with E-state index in [0.717, 1.165) is 16.8 Å². The van der Waals surface area contributed by atoms with Crippen LogP contribution >= 0.6 is 0 Å². The van der Waals surface area contributed by atoms with E-state index in [-0.39, 0.29) is 11.3 Å². The Morgan fingerprint density at radius 1 is 1.03 bits per heavy atom. The highest BCUT2D eigenvalue weighted by Crippen LogP contribution is 2.33. The molecule has 7 heteroatoms. The second kappa shape index (κ2) is 9.95. The van der Waals surface area contributed by atoms with Crippen LogP contribution in [0.2, 0.25) is 0 Å². The van der Waals surface area contributed by atoms with Crippen molar-refractivity contribution in [3.05, 3.63) is 108 Å². The number of carbonyl (C=O) groups is 1. The number of nitrogens with one attached hydrogen (secondary N) is 1. The van der Waals surface area contributed by atoms with Gasteiger partial charge in [0.15, 0.2) is 5.84 Å². The lowest BCUT2D eigenvalue weighted by Gasteiger charge is -2.29. The Morgan fingerprint density at radius 2 is 1.68 bits per heavy atom. The number of hydrazine groups is 1. The molecule has 3 aromatic carbocycles. The molecule has 1 aliphatic heterocycles. The summed E-state index contributed by atoms with van der Waals surface area (Å²) in [4.78, 5) is 16.5. The number of benzene rings is 3. The summed E-state index contributed by atoms with van der Waals surface area (Å²) < 4.78 is 10.8. The zero-order valence-electron chi connectivity index (χ0n) is 18.9. The normalized spacial score (nSPS) is 13.8. The van der Waals surface area contributed by atoms with Crippen LogP contribution in [0, 0.1) is 0 Å². The third-order valence-electron chi connectivity index (χ3n) is 4.96. The third kappa shape index (κ3) is 5.27. The van der Waals surface area contributed by atoms with E-state index < -0.39 is 12.3 Å². The predicted octanol–water partition coefficient (Wildman–Crippen LogP) is 5.01. The Balaban J connectivity index is 1.61. The van der Waals surface area contributed by atoms with E-state index in [1.54, 1.807) is 31.0 Å². The van der Waals surface area contributed by atoms with E-state index in [0.29, 0.717) is 17.3 Å². The van der Waals surface area contributed by atoms with E-state index >= 15 is 0 Å². The minimum atomic E-state index is -0.844. The molecule has 2 N–H and O–H groups in total. The van der Waals surface area contributed by atoms with Crippen LogP contribution in [0.1, 0.15) is 25.0 Å². The summed E-state index contributed by atoms with van der Waals surface area (Å²) in [6, 6.07) is 24.4. The number of phenols is 1. The van der Waals surface area contributed by atoms with Gasteiger partial charge in [0.25, 0.3) is 0 Å². The Morgan fingerprint density at radius 3 is 2.29 bits per heavy atom. The molecule has 1 aliphatic rings. The summed E-state index contributed by atoms with van der Waals surface area (Å²) in [5.41, 5.74) is 6.61. The first-order valence-electron chi connectivity index (χ1n) is 10.7. The first kappa shape index (κ1) is 22.7. The van der Waals surface area contributed by atoms with Gasteiger partial charge in [-0.1, -0.05) is 67.2 Å². The Hall–Kier alpha value is -4.52. The van der Waals surface area contributed by atoms with Crippen molar-refractivity contribution in [2.24, 2.45) is 4.99 Å². The van der Waals surface area contributed by atoms with Crippen molar-refractivity contribution in [1.29, 1.82) is 0 Å². The van der Waals surface area contributed by atoms with Crippen molar-refractivity contribution in [2.75, 3.05) is 5.01 Å². The number of aromatic hydroxyl groups is 1. The number of hydrogen-bond acceptors (Lipinski definition) is 7. The zero-order chi connectivity index (χ0) is 24.1. The molecule has 0 saturated heterocycles. The number of hydrogen-bond donors (Lipinski definition) is 2. The maximum absolute atomic E-state index is 11.7. The van der Waals surface area contributed by atoms with Crippen LogP contribution in [0.5, 0.6) is 11.5 Å². The van der Waals surface area contributed by atoms with Gasteiger partial charge in [-0.05, 0) is 19.1 Å². The topological polar surface area (TPSA) is 83.4 Å². The molecule has 0 radical (unpaired) electrons. The van der Waals surface area contributed by atoms with Gasteiger partial charge >= 0.3 is 5.97 Å². The van der Waals surface area contributed by atoms with Gasteiger partial charge in [0.1, 0.15) is 17.2 Å². The molecule has 0 spiro atoms. The molecule has 0 aliphatic carbocycles. The Kier molecular flexibility index (Phi) is 6.64. The summed E-state index contributed by atoms with van der Waals surface area (Å²) in [7, 11) is 0. The molecule has 34 heavy (non-hydrogen) atoms. The summed E-state index contributed by atoms with van der Waals surface area (Å²) >= 11 is 0. The molecular formula is C27H25N3O4. The van der Waals surface area contributed by atoms with Gasteiger partial charge in [0.2, 0.25) is 6.29 Å². The second-order valence-corrected chi connectivity index (χ2v) is 7.71. The smallest absolute Gasteiger partial charge is 0.336 e. The second-order valence-electron chi connectivity index (χ2n) is 7.71. The van der Waals surface area contributed by atoms with Crippen LogP contribution in [-0.2, 0) is 9.53 Å². The van der Waals surface area contributed by atoms with Gasteiger partial charge in [0.05, 0.1) is 11.9 Å². The summed E-state index contributed by atoms with van der Waals surface area (Å²) in [5, 5.41) is 12.5. The van der Waals surface area contributed by atoms with Crippen molar-refractivity contribution in [3.63, 3.8) is 0 Å². The number of phenolic OH excluding ortho intramolecular Hbond substituents is 1. The number of ether oxygens (including phenoxy) is 2. The van der Waals surface area contributed by atoms with Gasteiger partial charge < -0.3 is 14.6 Å². The summed E-state index contributed by atoms with van der Waals surface area (Å²) in [5.74, 6) is 0.421. The summed E-state index contributed by atoms with van der Waals surface area (Å²) in [6.07, 6.45) is 0.971. The first-order valence-corrected chi connectivity index (χ1v) is 10.7. The molecule has 4 rings (SSSR count). The Labute approximate surface area is 198 Å². The highest BCUT2D eigenvalue weighted by molar-refractivity contribution is 6.04. The highest BCUT2D eigenvalue weighted by Gasteiger charge is 2.20. The van der Waals surface area contributed by atoms with Crippen molar-refractivity contribution in [2.45, 2.75) is 20.1 Å². The molecule has 0 bridgehead atoms. The average Bonchev–Trinajstić information content (AvgIpc) is 2.85. The van der Waals surface area contributed by atoms with E-state index in [9.17, 15) is 9.90 Å². The lowest BCUT2D eigenvalue weighted by molar-refractivity contribution is -0.156. The van der Waals surface area contributed by atoms with Gasteiger partial charge in [0, 0.05) is 29.7 Å². The Bertz CT molecular complexity index is 1250. The molecule has 1 unspecified atom stereocenters. The molecule has 1 atom stereocenters. The fourth-order valence-electron chi connectivity index (χ4n) is 3.29. The van der Waals surface area contributed by atoms with Crippen molar-refractivity contribution < 1.29 is 19.4 Å². The lowest BCUT2D eigenvalue weighted by atomic mass is 10.1. The number of esters is 1. The number of nitrogens with zero attached hydrogens (tertiary/aromatic N) is 2. The standard InChI is InChI=1S/C27H25N3O4/c1-18(2)27(32)34-19(3)33-22-14-15-24(25(31)16-22)30-17-23(20-10-6-4-7-11-20)28-26(29-30)21-12-8-5-9-13-21/h4-17,19,31H,1H2,2-3H3,(H,28,29). The molecule has 3 aromatic rings. The predicted molar refractivity (Wildman–Crippen MR) is 132 cm³/mol. The number of anilines is 1. The van der Waals surface area contributed by atoms with Crippen molar-refractivity contribution in [1.82, 2.24) is 5.43 Å². The minimum absolute atomic E-state index is 0.0265. The molecule has 172 valence electrons. The molecule has 0 aromatic heterocycles. The molecule has 7 nitrogen and oxygen atoms in total. The maximum atomic E-state index is 11.7. The van der Waals surface area contributed by atoms with Crippen LogP contribution in [-0.4, -0.2) is 23.2 Å². The van der Waals surface area contributed by atoms with Gasteiger partial charge in [-0.2, -0.15) is 0 Å². The molecular weight excluding hydrogens is 430 g/mol. The average molecular weight is 456 g/mol. The maximum Gasteiger partial charge on any atom is 0.336 e. The SMILES string of the molecule is C=C(C)C(=O)OC(C)Oc1ccc(N2C=C(c3ccccc3)N=C(c3ccccc3)N2)c(O)c1. The van der Waals surface area contributed by atoms with Crippen LogP contribution in [0.25, 0.3) is 5.70 Å². The van der Waals surface area contributed by atoms with Gasteiger partial charge in [-0.15, -0.1) is 0 Å². The van der Waals surface area contributed by atoms with Crippen LogP contribution in [0.3, 0.4) is 0 Å². The fourth-order valence-corrected chi connectivity index (χ4v) is 3.29. The number of amidine groups is 1. The fraction of sp³-hybridized carbons (Fsp3) is 0.111. The monoisotopic (exact) mass is 455 g/mol. The zero-order valence-corrected chi connectivity index (χ0v) is 18.9. The van der Waals surface area contributed by atoms with Gasteiger partial charge in [-0.3, -0.25) is 10.4 Å².